The van der Waals surface area contributed by atoms with E-state index in [4.69, 9.17) is 9.47 Å². The molecule has 2 aromatic heterocycles. The summed E-state index contributed by atoms with van der Waals surface area (Å²) in [5, 5.41) is 4.23. The summed E-state index contributed by atoms with van der Waals surface area (Å²) in [6, 6.07) is 11.2. The fourth-order valence-corrected chi connectivity index (χ4v) is 2.91. The number of amides is 1. The molecule has 4 rings (SSSR count). The van der Waals surface area contributed by atoms with Crippen molar-refractivity contribution in [2.24, 2.45) is 5.10 Å². The van der Waals surface area contributed by atoms with E-state index in [9.17, 15) is 4.79 Å². The van der Waals surface area contributed by atoms with E-state index in [1.165, 1.54) is 0 Å². The van der Waals surface area contributed by atoms with Gasteiger partial charge >= 0.3 is 0 Å². The predicted molar refractivity (Wildman–Crippen MR) is 97.0 cm³/mol. The molecule has 1 aliphatic rings. The van der Waals surface area contributed by atoms with Crippen LogP contribution in [0.15, 0.2) is 47.7 Å². The number of aryl methyl sites for hydroxylation is 1. The number of hydrogen-bond acceptors (Lipinski definition) is 5. The molecular weight excluding hydrogens is 332 g/mol. The van der Waals surface area contributed by atoms with Gasteiger partial charge < -0.3 is 9.47 Å². The van der Waals surface area contributed by atoms with Crippen LogP contribution in [-0.2, 0) is 0 Å². The van der Waals surface area contributed by atoms with Crippen molar-refractivity contribution < 1.29 is 14.3 Å². The zero-order valence-corrected chi connectivity index (χ0v) is 14.5. The monoisotopic (exact) mass is 350 g/mol. The van der Waals surface area contributed by atoms with Crippen LogP contribution < -0.4 is 14.9 Å². The van der Waals surface area contributed by atoms with Crippen molar-refractivity contribution in [2.75, 3.05) is 13.2 Å². The van der Waals surface area contributed by atoms with Gasteiger partial charge in [0.25, 0.3) is 5.91 Å². The van der Waals surface area contributed by atoms with Gasteiger partial charge in [-0.1, -0.05) is 6.07 Å². The van der Waals surface area contributed by atoms with Gasteiger partial charge in [0.2, 0.25) is 0 Å². The third-order valence-electron chi connectivity index (χ3n) is 4.20. The molecule has 1 aromatic carbocycles. The minimum Gasteiger partial charge on any atom is -0.486 e. The highest BCUT2D eigenvalue weighted by Crippen LogP contribution is 2.30. The second kappa shape index (κ2) is 6.51. The molecule has 0 unspecified atom stereocenters. The summed E-state index contributed by atoms with van der Waals surface area (Å²) in [6.07, 6.45) is 1.81. The number of carbonyl (C=O) groups excluding carboxylic acids is 1. The van der Waals surface area contributed by atoms with E-state index in [1.807, 2.05) is 49.5 Å². The molecule has 0 saturated heterocycles. The van der Waals surface area contributed by atoms with Crippen LogP contribution in [0.25, 0.3) is 5.65 Å². The number of benzene rings is 1. The van der Waals surface area contributed by atoms with Crippen LogP contribution >= 0.6 is 0 Å². The van der Waals surface area contributed by atoms with Crippen molar-refractivity contribution in [3.63, 3.8) is 0 Å². The molecule has 1 amide bonds. The number of aromatic nitrogens is 2. The van der Waals surface area contributed by atoms with Crippen LogP contribution in [0.1, 0.15) is 28.7 Å². The Morgan fingerprint density at radius 1 is 1.19 bits per heavy atom. The van der Waals surface area contributed by atoms with Crippen LogP contribution in [0.3, 0.4) is 0 Å². The van der Waals surface area contributed by atoms with Gasteiger partial charge in [-0.15, -0.1) is 0 Å². The first kappa shape index (κ1) is 16.1. The van der Waals surface area contributed by atoms with E-state index in [0.29, 0.717) is 36.1 Å². The second-order valence-corrected chi connectivity index (χ2v) is 5.97. The fourth-order valence-electron chi connectivity index (χ4n) is 2.91. The standard InChI is InChI=1S/C19H18N4O3/c1-12(14-6-7-15-16(11-14)26-10-9-25-15)21-22-19(24)18-13(2)20-17-5-3-4-8-23(17)18/h3-8,11H,9-10H2,1-2H3,(H,22,24)/b21-12+. The van der Waals surface area contributed by atoms with Crippen molar-refractivity contribution in [3.8, 4) is 11.5 Å². The summed E-state index contributed by atoms with van der Waals surface area (Å²) in [6.45, 7) is 4.71. The molecule has 0 atom stereocenters. The third kappa shape index (κ3) is 2.88. The molecule has 0 fully saturated rings. The Labute approximate surface area is 150 Å². The Bertz CT molecular complexity index is 1020. The Kier molecular flexibility index (Phi) is 4.04. The minimum atomic E-state index is -0.307. The first-order chi connectivity index (χ1) is 12.6. The highest BCUT2D eigenvalue weighted by Gasteiger charge is 2.16. The second-order valence-electron chi connectivity index (χ2n) is 5.97. The Hall–Kier alpha value is -3.35. The molecule has 1 N–H and O–H groups in total. The van der Waals surface area contributed by atoms with Crippen LogP contribution in [0, 0.1) is 6.92 Å². The lowest BCUT2D eigenvalue weighted by Crippen LogP contribution is -2.22. The van der Waals surface area contributed by atoms with E-state index in [0.717, 1.165) is 17.0 Å². The van der Waals surface area contributed by atoms with Gasteiger partial charge in [-0.25, -0.2) is 10.4 Å². The Morgan fingerprint density at radius 2 is 2.00 bits per heavy atom. The molecule has 26 heavy (non-hydrogen) atoms. The van der Waals surface area contributed by atoms with E-state index >= 15 is 0 Å². The molecule has 0 saturated carbocycles. The van der Waals surface area contributed by atoms with Crippen molar-refractivity contribution in [3.05, 3.63) is 59.5 Å². The normalized spacial score (nSPS) is 13.7. The van der Waals surface area contributed by atoms with Gasteiger partial charge in [0.05, 0.1) is 11.4 Å². The quantitative estimate of drug-likeness (QED) is 0.582. The van der Waals surface area contributed by atoms with E-state index in [1.54, 1.807) is 11.3 Å². The summed E-state index contributed by atoms with van der Waals surface area (Å²) >= 11 is 0. The lowest BCUT2D eigenvalue weighted by molar-refractivity contribution is 0.0948. The first-order valence-electron chi connectivity index (χ1n) is 8.32. The summed E-state index contributed by atoms with van der Waals surface area (Å²) in [5.74, 6) is 1.10. The average Bonchev–Trinajstić information content (AvgIpc) is 3.01. The molecule has 0 aliphatic carbocycles. The molecule has 3 heterocycles. The third-order valence-corrected chi connectivity index (χ3v) is 4.20. The largest absolute Gasteiger partial charge is 0.486 e. The number of rotatable bonds is 3. The van der Waals surface area contributed by atoms with Crippen molar-refractivity contribution in [2.45, 2.75) is 13.8 Å². The number of hydrogen-bond donors (Lipinski definition) is 1. The van der Waals surface area contributed by atoms with Gasteiger partial charge in [-0.05, 0) is 44.2 Å². The summed E-state index contributed by atoms with van der Waals surface area (Å²) in [7, 11) is 0. The molecule has 7 nitrogen and oxygen atoms in total. The summed E-state index contributed by atoms with van der Waals surface area (Å²) < 4.78 is 12.8. The van der Waals surface area contributed by atoms with Gasteiger partial charge in [-0.3, -0.25) is 9.20 Å². The lowest BCUT2D eigenvalue weighted by atomic mass is 10.1. The molecule has 1 aliphatic heterocycles. The number of fused-ring (bicyclic) bond motifs is 2. The van der Waals surface area contributed by atoms with Crippen LogP contribution in [0.4, 0.5) is 0 Å². The molecule has 0 radical (unpaired) electrons. The fraction of sp³-hybridized carbons (Fsp3) is 0.211. The number of carbonyl (C=O) groups is 1. The number of imidazole rings is 1. The molecule has 0 bridgehead atoms. The maximum absolute atomic E-state index is 12.6. The number of ether oxygens (including phenoxy) is 2. The Morgan fingerprint density at radius 3 is 2.85 bits per heavy atom. The van der Waals surface area contributed by atoms with Crippen molar-refractivity contribution >= 4 is 17.3 Å². The maximum Gasteiger partial charge on any atom is 0.290 e. The van der Waals surface area contributed by atoms with Crippen molar-refractivity contribution in [1.82, 2.24) is 14.8 Å². The van der Waals surface area contributed by atoms with E-state index < -0.39 is 0 Å². The van der Waals surface area contributed by atoms with Crippen LogP contribution in [0.5, 0.6) is 11.5 Å². The van der Waals surface area contributed by atoms with Gasteiger partial charge in [0.15, 0.2) is 11.5 Å². The average molecular weight is 350 g/mol. The highest BCUT2D eigenvalue weighted by atomic mass is 16.6. The zero-order chi connectivity index (χ0) is 18.1. The minimum absolute atomic E-state index is 0.307. The SMILES string of the molecule is C/C(=N\NC(=O)c1c(C)nc2ccccn12)c1ccc2c(c1)OCCO2. The maximum atomic E-state index is 12.6. The molecular formula is C19H18N4O3. The summed E-state index contributed by atoms with van der Waals surface area (Å²) in [5.41, 5.74) is 5.98. The smallest absolute Gasteiger partial charge is 0.290 e. The number of pyridine rings is 1. The van der Waals surface area contributed by atoms with Crippen LogP contribution in [-0.4, -0.2) is 34.2 Å². The summed E-state index contributed by atoms with van der Waals surface area (Å²) in [4.78, 5) is 17.0. The zero-order valence-electron chi connectivity index (χ0n) is 14.5. The highest BCUT2D eigenvalue weighted by molar-refractivity contribution is 6.01. The molecule has 0 spiro atoms. The number of nitrogens with one attached hydrogen (secondary N) is 1. The lowest BCUT2D eigenvalue weighted by Gasteiger charge is -2.18. The topological polar surface area (TPSA) is 77.2 Å². The Balaban J connectivity index is 1.57. The molecule has 3 aromatic rings. The van der Waals surface area contributed by atoms with E-state index in [2.05, 4.69) is 15.5 Å². The number of hydrazone groups is 1. The van der Waals surface area contributed by atoms with Gasteiger partial charge in [-0.2, -0.15) is 5.10 Å². The predicted octanol–water partition coefficient (Wildman–Crippen LogP) is 2.57. The van der Waals surface area contributed by atoms with Crippen molar-refractivity contribution in [1.29, 1.82) is 0 Å². The van der Waals surface area contributed by atoms with E-state index in [-0.39, 0.29) is 5.91 Å². The van der Waals surface area contributed by atoms with Gasteiger partial charge in [0.1, 0.15) is 24.6 Å². The van der Waals surface area contributed by atoms with Gasteiger partial charge in [0, 0.05) is 11.8 Å². The van der Waals surface area contributed by atoms with Crippen LogP contribution in [0.2, 0.25) is 0 Å². The number of nitrogens with zero attached hydrogens (tertiary/aromatic N) is 3. The molecule has 7 heteroatoms. The molecule has 132 valence electrons. The first-order valence-corrected chi connectivity index (χ1v) is 8.32.